The standard InChI is InChI=1S/C15H22N2O3S.C2HF3O2/c1-16-9-10-20-15-12-17(8-7-13(15)11-16)21(18,19)14-5-3-2-4-6-14;3-2(4,5)1(6)7/h2-6,13,15H,7-12H2,1H3;(H,6,7)/t13-,15-;/m1./s1. The fourth-order valence-electron chi connectivity index (χ4n) is 3.15. The number of fused-ring (bicyclic) bond motifs is 1. The van der Waals surface area contributed by atoms with Gasteiger partial charge >= 0.3 is 12.1 Å². The summed E-state index contributed by atoms with van der Waals surface area (Å²) in [4.78, 5) is 11.5. The van der Waals surface area contributed by atoms with E-state index in [1.807, 2.05) is 6.07 Å². The van der Waals surface area contributed by atoms with Crippen LogP contribution in [-0.4, -0.2) is 80.8 Å². The number of hydrogen-bond acceptors (Lipinski definition) is 5. The zero-order valence-corrected chi connectivity index (χ0v) is 16.1. The molecule has 0 aromatic heterocycles. The highest BCUT2D eigenvalue weighted by molar-refractivity contribution is 7.89. The molecule has 0 spiro atoms. The molecule has 0 amide bonds. The Hall–Kier alpha value is -1.69. The van der Waals surface area contributed by atoms with Crippen molar-refractivity contribution in [2.45, 2.75) is 23.6 Å². The molecule has 2 atom stereocenters. The maximum atomic E-state index is 12.7. The van der Waals surface area contributed by atoms with Crippen molar-refractivity contribution in [1.82, 2.24) is 9.21 Å². The van der Waals surface area contributed by atoms with Crippen LogP contribution in [0.2, 0.25) is 0 Å². The fourth-order valence-corrected chi connectivity index (χ4v) is 4.63. The van der Waals surface area contributed by atoms with Gasteiger partial charge in [0, 0.05) is 32.1 Å². The van der Waals surface area contributed by atoms with Gasteiger partial charge in [-0.1, -0.05) is 18.2 Å². The maximum absolute atomic E-state index is 12.7. The number of carboxylic acid groups (broad SMARTS) is 1. The number of carbonyl (C=O) groups is 1. The van der Waals surface area contributed by atoms with Crippen molar-refractivity contribution in [1.29, 1.82) is 0 Å². The van der Waals surface area contributed by atoms with Gasteiger partial charge in [0.05, 0.1) is 17.6 Å². The summed E-state index contributed by atoms with van der Waals surface area (Å²) < 4.78 is 64.5. The molecule has 1 N–H and O–H groups in total. The Bertz CT molecular complexity index is 758. The molecule has 0 aliphatic carbocycles. The molecule has 2 aliphatic heterocycles. The largest absolute Gasteiger partial charge is 0.490 e. The van der Waals surface area contributed by atoms with E-state index in [1.54, 1.807) is 28.6 Å². The lowest BCUT2D eigenvalue weighted by molar-refractivity contribution is -0.192. The minimum absolute atomic E-state index is 0.0159. The molecule has 0 radical (unpaired) electrons. The number of carboxylic acids is 1. The van der Waals surface area contributed by atoms with Crippen LogP contribution in [0.15, 0.2) is 35.2 Å². The second kappa shape index (κ2) is 9.21. The zero-order valence-electron chi connectivity index (χ0n) is 15.3. The van der Waals surface area contributed by atoms with Crippen LogP contribution in [0.25, 0.3) is 0 Å². The van der Waals surface area contributed by atoms with Gasteiger partial charge in [-0.3, -0.25) is 0 Å². The molecule has 2 heterocycles. The molecule has 3 rings (SSSR count). The first-order chi connectivity index (χ1) is 13.0. The molecule has 0 saturated carbocycles. The van der Waals surface area contributed by atoms with Gasteiger partial charge in [-0.15, -0.1) is 0 Å². The summed E-state index contributed by atoms with van der Waals surface area (Å²) >= 11 is 0. The van der Waals surface area contributed by atoms with Crippen molar-refractivity contribution in [2.75, 3.05) is 39.8 Å². The molecular weight excluding hydrogens is 401 g/mol. The second-order valence-electron chi connectivity index (χ2n) is 6.70. The van der Waals surface area contributed by atoms with Crippen LogP contribution >= 0.6 is 0 Å². The Morgan fingerprint density at radius 1 is 1.18 bits per heavy atom. The summed E-state index contributed by atoms with van der Waals surface area (Å²) in [5.41, 5.74) is 0. The quantitative estimate of drug-likeness (QED) is 0.777. The number of halogens is 3. The Kier molecular flexibility index (Phi) is 7.43. The third-order valence-corrected chi connectivity index (χ3v) is 6.51. The van der Waals surface area contributed by atoms with Crippen LogP contribution < -0.4 is 0 Å². The Morgan fingerprint density at radius 3 is 2.36 bits per heavy atom. The van der Waals surface area contributed by atoms with E-state index in [2.05, 4.69) is 11.9 Å². The van der Waals surface area contributed by atoms with Crippen molar-refractivity contribution >= 4 is 16.0 Å². The van der Waals surface area contributed by atoms with Gasteiger partial charge in [-0.2, -0.15) is 17.5 Å². The highest BCUT2D eigenvalue weighted by Gasteiger charge is 2.38. The Morgan fingerprint density at radius 2 is 1.79 bits per heavy atom. The molecule has 1 aromatic rings. The van der Waals surface area contributed by atoms with E-state index in [0.717, 1.165) is 19.5 Å². The molecule has 0 bridgehead atoms. The summed E-state index contributed by atoms with van der Waals surface area (Å²) in [6.45, 7) is 3.63. The van der Waals surface area contributed by atoms with Crippen LogP contribution in [0.3, 0.4) is 0 Å². The number of alkyl halides is 3. The highest BCUT2D eigenvalue weighted by atomic mass is 32.2. The topological polar surface area (TPSA) is 87.2 Å². The number of hydrogen-bond donors (Lipinski definition) is 1. The number of benzene rings is 1. The lowest BCUT2D eigenvalue weighted by atomic mass is 9.95. The van der Waals surface area contributed by atoms with E-state index >= 15 is 0 Å². The zero-order chi connectivity index (χ0) is 20.9. The fraction of sp³-hybridized carbons (Fsp3) is 0.588. The third kappa shape index (κ3) is 5.90. The summed E-state index contributed by atoms with van der Waals surface area (Å²) in [5, 5.41) is 7.12. The lowest BCUT2D eigenvalue weighted by Gasteiger charge is -2.37. The average Bonchev–Trinajstić information content (AvgIpc) is 2.82. The van der Waals surface area contributed by atoms with Crippen LogP contribution in [0, 0.1) is 5.92 Å². The molecule has 0 unspecified atom stereocenters. The van der Waals surface area contributed by atoms with E-state index in [9.17, 15) is 21.6 Å². The van der Waals surface area contributed by atoms with Crippen LogP contribution in [0.4, 0.5) is 13.2 Å². The van der Waals surface area contributed by atoms with E-state index in [0.29, 0.717) is 30.5 Å². The monoisotopic (exact) mass is 424 g/mol. The van der Waals surface area contributed by atoms with Gasteiger partial charge in [0.25, 0.3) is 0 Å². The van der Waals surface area contributed by atoms with Gasteiger partial charge < -0.3 is 14.7 Å². The number of sulfonamides is 1. The van der Waals surface area contributed by atoms with Crippen molar-refractivity contribution < 1.29 is 36.2 Å². The first-order valence-electron chi connectivity index (χ1n) is 8.67. The summed E-state index contributed by atoms with van der Waals surface area (Å²) in [7, 11) is -1.30. The van der Waals surface area contributed by atoms with Crippen molar-refractivity contribution in [2.24, 2.45) is 5.92 Å². The van der Waals surface area contributed by atoms with Gasteiger partial charge in [-0.25, -0.2) is 13.2 Å². The van der Waals surface area contributed by atoms with E-state index in [4.69, 9.17) is 14.6 Å². The minimum Gasteiger partial charge on any atom is -0.475 e. The van der Waals surface area contributed by atoms with Gasteiger partial charge in [0.2, 0.25) is 10.0 Å². The molecule has 2 fully saturated rings. The minimum atomic E-state index is -5.08. The smallest absolute Gasteiger partial charge is 0.475 e. The molecular formula is C17H23F3N2O5S. The predicted molar refractivity (Wildman–Crippen MR) is 94.2 cm³/mol. The summed E-state index contributed by atoms with van der Waals surface area (Å²) in [6.07, 6.45) is -4.21. The molecule has 2 aliphatic rings. The first kappa shape index (κ1) is 22.6. The molecule has 1 aromatic carbocycles. The highest BCUT2D eigenvalue weighted by Crippen LogP contribution is 2.27. The maximum Gasteiger partial charge on any atom is 0.490 e. The normalized spacial score (nSPS) is 24.4. The average molecular weight is 424 g/mol. The molecule has 7 nitrogen and oxygen atoms in total. The van der Waals surface area contributed by atoms with Crippen LogP contribution in [-0.2, 0) is 19.6 Å². The Balaban J connectivity index is 0.000000345. The van der Waals surface area contributed by atoms with Gasteiger partial charge in [0.15, 0.2) is 0 Å². The number of piperidine rings is 1. The van der Waals surface area contributed by atoms with E-state index < -0.39 is 22.2 Å². The van der Waals surface area contributed by atoms with Crippen molar-refractivity contribution in [3.63, 3.8) is 0 Å². The predicted octanol–water partition coefficient (Wildman–Crippen LogP) is 1.66. The second-order valence-corrected chi connectivity index (χ2v) is 8.64. The van der Waals surface area contributed by atoms with E-state index in [1.165, 1.54) is 0 Å². The SMILES string of the molecule is CN1CCO[C@@H]2CN(S(=O)(=O)c3ccccc3)CC[C@@H]2C1.O=C(O)C(F)(F)F. The molecule has 28 heavy (non-hydrogen) atoms. The Labute approximate surface area is 161 Å². The lowest BCUT2D eigenvalue weighted by Crippen LogP contribution is -2.48. The number of rotatable bonds is 2. The van der Waals surface area contributed by atoms with Crippen molar-refractivity contribution in [3.8, 4) is 0 Å². The van der Waals surface area contributed by atoms with Gasteiger partial charge in [0.1, 0.15) is 0 Å². The van der Waals surface area contributed by atoms with E-state index in [-0.39, 0.29) is 6.10 Å². The third-order valence-electron chi connectivity index (χ3n) is 4.63. The van der Waals surface area contributed by atoms with Gasteiger partial charge in [-0.05, 0) is 25.6 Å². The van der Waals surface area contributed by atoms with Crippen molar-refractivity contribution in [3.05, 3.63) is 30.3 Å². The number of ether oxygens (including phenoxy) is 1. The molecule has 158 valence electrons. The van der Waals surface area contributed by atoms with Crippen LogP contribution in [0.5, 0.6) is 0 Å². The number of nitrogens with zero attached hydrogens (tertiary/aromatic N) is 2. The number of aliphatic carboxylic acids is 1. The summed E-state index contributed by atoms with van der Waals surface area (Å²) in [6, 6.07) is 8.66. The molecule has 11 heteroatoms. The van der Waals surface area contributed by atoms with Crippen LogP contribution in [0.1, 0.15) is 6.42 Å². The summed E-state index contributed by atoms with van der Waals surface area (Å²) in [5.74, 6) is -2.33. The molecule has 2 saturated heterocycles. The first-order valence-corrected chi connectivity index (χ1v) is 10.1. The number of likely N-dealkylation sites (N-methyl/N-ethyl adjacent to an activating group) is 1.